The minimum atomic E-state index is -0.681. The summed E-state index contributed by atoms with van der Waals surface area (Å²) in [5.74, 6) is 0.183. The molecule has 2 atom stereocenters. The summed E-state index contributed by atoms with van der Waals surface area (Å²) in [5, 5.41) is 13.8. The van der Waals surface area contributed by atoms with Crippen molar-refractivity contribution >= 4 is 11.8 Å². The zero-order valence-electron chi connectivity index (χ0n) is 24.9. The van der Waals surface area contributed by atoms with Gasteiger partial charge in [-0.3, -0.25) is 4.79 Å². The molecule has 0 aromatic heterocycles. The van der Waals surface area contributed by atoms with Gasteiger partial charge >= 0.3 is 5.97 Å². The number of ketones is 1. The second-order valence-electron chi connectivity index (χ2n) is 10.7. The number of aromatic hydroxyl groups is 1. The molecule has 1 aliphatic heterocycles. The van der Waals surface area contributed by atoms with Crippen molar-refractivity contribution in [3.8, 4) is 23.0 Å². The maximum absolute atomic E-state index is 14.0. The number of hydrogen-bond acceptors (Lipinski definition) is 8. The fourth-order valence-corrected chi connectivity index (χ4v) is 5.95. The number of dihydropyridines is 1. The molecule has 224 valence electrons. The fraction of sp³-hybridized carbons (Fsp3) is 0.314. The van der Waals surface area contributed by atoms with Gasteiger partial charge in [-0.1, -0.05) is 42.5 Å². The zero-order chi connectivity index (χ0) is 30.5. The summed E-state index contributed by atoms with van der Waals surface area (Å²) in [6.45, 7) is 4.22. The molecule has 43 heavy (non-hydrogen) atoms. The number of phenols is 1. The van der Waals surface area contributed by atoms with Gasteiger partial charge in [0.15, 0.2) is 28.8 Å². The van der Waals surface area contributed by atoms with Crippen molar-refractivity contribution in [1.29, 1.82) is 0 Å². The summed E-state index contributed by atoms with van der Waals surface area (Å²) >= 11 is 0. The van der Waals surface area contributed by atoms with Crippen LogP contribution in [0.1, 0.15) is 55.2 Å². The molecule has 3 aromatic carbocycles. The monoisotopic (exact) mass is 583 g/mol. The van der Waals surface area contributed by atoms with Crippen molar-refractivity contribution in [2.75, 3.05) is 27.4 Å². The lowest BCUT2D eigenvalue weighted by atomic mass is 9.71. The molecule has 8 heteroatoms. The lowest BCUT2D eigenvalue weighted by molar-refractivity contribution is -0.139. The SMILES string of the molecule is CCOc1cc([C@@H]2C(C(=O)OCCc3ccccc3)=C(C)NC3=C2C(=O)C[C@@H](c2ccc(OC)c(OC)c2)C3)ccc1O. The lowest BCUT2D eigenvalue weighted by Crippen LogP contribution is -2.36. The maximum atomic E-state index is 14.0. The Balaban J connectivity index is 1.50. The van der Waals surface area contributed by atoms with Crippen LogP contribution < -0.4 is 19.5 Å². The highest BCUT2D eigenvalue weighted by atomic mass is 16.5. The fourth-order valence-electron chi connectivity index (χ4n) is 5.95. The Bertz CT molecular complexity index is 1570. The van der Waals surface area contributed by atoms with E-state index in [1.54, 1.807) is 26.4 Å². The van der Waals surface area contributed by atoms with Gasteiger partial charge in [0.1, 0.15) is 0 Å². The summed E-state index contributed by atoms with van der Waals surface area (Å²) in [5.41, 5.74) is 5.00. The average Bonchev–Trinajstić information content (AvgIpc) is 3.01. The van der Waals surface area contributed by atoms with Crippen LogP contribution in [0.4, 0.5) is 0 Å². The van der Waals surface area contributed by atoms with Gasteiger partial charge < -0.3 is 29.4 Å². The van der Waals surface area contributed by atoms with E-state index in [2.05, 4.69) is 5.32 Å². The summed E-state index contributed by atoms with van der Waals surface area (Å²) in [6.07, 6.45) is 1.40. The highest BCUT2D eigenvalue weighted by molar-refractivity contribution is 6.04. The van der Waals surface area contributed by atoms with Crippen LogP contribution in [0.15, 0.2) is 89.3 Å². The van der Waals surface area contributed by atoms with E-state index in [1.165, 1.54) is 6.07 Å². The number of carbonyl (C=O) groups excluding carboxylic acids is 2. The molecule has 3 aromatic rings. The smallest absolute Gasteiger partial charge is 0.336 e. The van der Waals surface area contributed by atoms with E-state index in [1.807, 2.05) is 62.4 Å². The number of rotatable bonds is 10. The van der Waals surface area contributed by atoms with Crippen molar-refractivity contribution < 1.29 is 33.6 Å². The second-order valence-corrected chi connectivity index (χ2v) is 10.7. The molecule has 2 aliphatic rings. The molecule has 1 aliphatic carbocycles. The summed E-state index contributed by atoms with van der Waals surface area (Å²) in [4.78, 5) is 27.7. The van der Waals surface area contributed by atoms with Crippen molar-refractivity contribution in [3.63, 3.8) is 0 Å². The summed E-state index contributed by atoms with van der Waals surface area (Å²) in [7, 11) is 3.18. The highest BCUT2D eigenvalue weighted by Gasteiger charge is 2.41. The third-order valence-electron chi connectivity index (χ3n) is 8.01. The summed E-state index contributed by atoms with van der Waals surface area (Å²) in [6, 6.07) is 20.5. The third kappa shape index (κ3) is 6.23. The predicted molar refractivity (Wildman–Crippen MR) is 163 cm³/mol. The standard InChI is InChI=1S/C35H37NO7/c1-5-42-30-20-24(11-13-27(30)37)33-32(35(39)43-16-15-22-9-7-6-8-10-22)21(2)36-26-17-25(18-28(38)34(26)33)23-12-14-29(40-3)31(19-23)41-4/h6-14,19-20,25,33,36-37H,5,15-18H2,1-4H3/t25-,33+/m0/s1. The van der Waals surface area contributed by atoms with Crippen molar-refractivity contribution in [2.45, 2.75) is 44.9 Å². The first-order chi connectivity index (χ1) is 20.8. The molecule has 0 fully saturated rings. The van der Waals surface area contributed by atoms with E-state index in [4.69, 9.17) is 18.9 Å². The van der Waals surface area contributed by atoms with Crippen LogP contribution in [0.25, 0.3) is 0 Å². The Hall–Kier alpha value is -4.72. The second kappa shape index (κ2) is 13.1. The Morgan fingerprint density at radius 1 is 0.930 bits per heavy atom. The number of Topliss-reactive ketones (excluding diaryl/α,β-unsaturated/α-hetero) is 1. The van der Waals surface area contributed by atoms with E-state index in [9.17, 15) is 14.7 Å². The number of carbonyl (C=O) groups is 2. The Morgan fingerprint density at radius 2 is 1.65 bits per heavy atom. The van der Waals surface area contributed by atoms with Crippen LogP contribution in [0.3, 0.4) is 0 Å². The molecule has 8 nitrogen and oxygen atoms in total. The predicted octanol–water partition coefficient (Wildman–Crippen LogP) is 5.96. The number of benzene rings is 3. The van der Waals surface area contributed by atoms with E-state index < -0.39 is 11.9 Å². The number of nitrogens with one attached hydrogen (secondary N) is 1. The van der Waals surface area contributed by atoms with Gasteiger partial charge in [0.25, 0.3) is 0 Å². The van der Waals surface area contributed by atoms with Crippen LogP contribution in [0.2, 0.25) is 0 Å². The third-order valence-corrected chi connectivity index (χ3v) is 8.01. The largest absolute Gasteiger partial charge is 0.504 e. The highest BCUT2D eigenvalue weighted by Crippen LogP contribution is 2.47. The first kappa shape index (κ1) is 29.8. The molecule has 0 unspecified atom stereocenters. The van der Waals surface area contributed by atoms with E-state index in [-0.39, 0.29) is 30.5 Å². The Kier molecular flexibility index (Phi) is 9.04. The number of esters is 1. The van der Waals surface area contributed by atoms with Gasteiger partial charge in [0, 0.05) is 35.7 Å². The Labute approximate surface area is 251 Å². The minimum Gasteiger partial charge on any atom is -0.504 e. The maximum Gasteiger partial charge on any atom is 0.336 e. The minimum absolute atomic E-state index is 0.00934. The molecular weight excluding hydrogens is 546 g/mol. The quantitative estimate of drug-likeness (QED) is 0.282. The number of ether oxygens (including phenoxy) is 4. The van der Waals surface area contributed by atoms with Gasteiger partial charge in [0.05, 0.1) is 33.0 Å². The van der Waals surface area contributed by atoms with Gasteiger partial charge in [-0.15, -0.1) is 0 Å². The van der Waals surface area contributed by atoms with Crippen LogP contribution in [0.5, 0.6) is 23.0 Å². The molecule has 0 saturated carbocycles. The molecule has 0 amide bonds. The van der Waals surface area contributed by atoms with Crippen LogP contribution in [-0.2, 0) is 20.7 Å². The first-order valence-electron chi connectivity index (χ1n) is 14.5. The van der Waals surface area contributed by atoms with Gasteiger partial charge in [-0.2, -0.15) is 0 Å². The molecular formula is C35H37NO7. The molecule has 0 radical (unpaired) electrons. The molecule has 0 bridgehead atoms. The molecule has 1 heterocycles. The van der Waals surface area contributed by atoms with Gasteiger partial charge in [-0.25, -0.2) is 4.79 Å². The van der Waals surface area contributed by atoms with Crippen LogP contribution in [-0.4, -0.2) is 44.3 Å². The average molecular weight is 584 g/mol. The zero-order valence-corrected chi connectivity index (χ0v) is 24.9. The number of phenolic OH excluding ortho intramolecular Hbond substituents is 1. The Morgan fingerprint density at radius 3 is 2.37 bits per heavy atom. The van der Waals surface area contributed by atoms with Gasteiger partial charge in [-0.05, 0) is 67.1 Å². The number of allylic oxidation sites excluding steroid dienone is 3. The lowest BCUT2D eigenvalue weighted by Gasteiger charge is -2.37. The van der Waals surface area contributed by atoms with Crippen molar-refractivity contribution in [2.24, 2.45) is 0 Å². The topological polar surface area (TPSA) is 103 Å². The van der Waals surface area contributed by atoms with Crippen molar-refractivity contribution in [3.05, 3.63) is 106 Å². The molecule has 5 rings (SSSR count). The van der Waals surface area contributed by atoms with Crippen LogP contribution >= 0.6 is 0 Å². The molecule has 0 spiro atoms. The molecule has 0 saturated heterocycles. The van der Waals surface area contributed by atoms with E-state index >= 15 is 0 Å². The van der Waals surface area contributed by atoms with Crippen molar-refractivity contribution in [1.82, 2.24) is 5.32 Å². The number of methoxy groups -OCH3 is 2. The molecule has 2 N–H and O–H groups in total. The number of hydrogen-bond donors (Lipinski definition) is 2. The van der Waals surface area contributed by atoms with E-state index in [0.717, 1.165) is 16.8 Å². The van der Waals surface area contributed by atoms with Gasteiger partial charge in [0.2, 0.25) is 0 Å². The van der Waals surface area contributed by atoms with Crippen LogP contribution in [0, 0.1) is 0 Å². The first-order valence-corrected chi connectivity index (χ1v) is 14.5. The van der Waals surface area contributed by atoms with E-state index in [0.29, 0.717) is 59.1 Å². The normalized spacial score (nSPS) is 18.1. The summed E-state index contributed by atoms with van der Waals surface area (Å²) < 4.78 is 22.3.